The number of hydrogen-bond acceptors (Lipinski definition) is 1. The molecule has 0 bridgehead atoms. The molecule has 2 rings (SSSR count). The summed E-state index contributed by atoms with van der Waals surface area (Å²) in [4.78, 5) is 3.64. The van der Waals surface area contributed by atoms with E-state index in [1.807, 2.05) is 0 Å². The molecule has 0 saturated carbocycles. The number of nitrogens with zero attached hydrogens (tertiary/aromatic N) is 1. The molecule has 0 saturated heterocycles. The average molecular weight is 295 g/mol. The number of pyridine rings is 1. The van der Waals surface area contributed by atoms with Crippen LogP contribution in [0.2, 0.25) is 15.1 Å². The molecular formula is C11H4Cl3F2N. The Morgan fingerprint density at radius 1 is 1.00 bits per heavy atom. The molecule has 0 atom stereocenters. The van der Waals surface area contributed by atoms with E-state index >= 15 is 0 Å². The standard InChI is InChI=1S/C11H4Cl3F2N/c12-7-2-1-6(9(13)10(7)14)11-8(16)3-5(15)4-17-11/h1-4H. The minimum absolute atomic E-state index is 0.0741. The van der Waals surface area contributed by atoms with E-state index in [0.29, 0.717) is 0 Å². The van der Waals surface area contributed by atoms with Crippen molar-refractivity contribution in [1.82, 2.24) is 4.98 Å². The molecule has 1 heterocycles. The molecular weight excluding hydrogens is 290 g/mol. The summed E-state index contributed by atoms with van der Waals surface area (Å²) in [5, 5.41) is 0.441. The second-order valence-electron chi connectivity index (χ2n) is 3.21. The van der Waals surface area contributed by atoms with Crippen LogP contribution in [0.4, 0.5) is 8.78 Å². The molecule has 6 heteroatoms. The van der Waals surface area contributed by atoms with Crippen LogP contribution in [-0.4, -0.2) is 4.98 Å². The molecule has 2 aromatic rings. The Morgan fingerprint density at radius 3 is 2.35 bits per heavy atom. The highest BCUT2D eigenvalue weighted by Crippen LogP contribution is 2.37. The second-order valence-corrected chi connectivity index (χ2v) is 4.37. The molecule has 1 aromatic carbocycles. The van der Waals surface area contributed by atoms with Crippen molar-refractivity contribution in [2.75, 3.05) is 0 Å². The van der Waals surface area contributed by atoms with Crippen molar-refractivity contribution >= 4 is 34.8 Å². The van der Waals surface area contributed by atoms with Gasteiger partial charge in [0.1, 0.15) is 11.5 Å². The first kappa shape index (κ1) is 12.6. The van der Waals surface area contributed by atoms with Gasteiger partial charge in [-0.3, -0.25) is 4.98 Å². The molecule has 1 nitrogen and oxygen atoms in total. The van der Waals surface area contributed by atoms with Gasteiger partial charge < -0.3 is 0 Å². The maximum Gasteiger partial charge on any atom is 0.152 e. The van der Waals surface area contributed by atoms with Crippen LogP contribution < -0.4 is 0 Å². The van der Waals surface area contributed by atoms with E-state index in [1.54, 1.807) is 0 Å². The molecule has 0 N–H and O–H groups in total. The van der Waals surface area contributed by atoms with E-state index in [0.717, 1.165) is 12.3 Å². The zero-order valence-corrected chi connectivity index (χ0v) is 10.4. The van der Waals surface area contributed by atoms with Crippen molar-refractivity contribution in [1.29, 1.82) is 0 Å². The Labute approximate surface area is 111 Å². The summed E-state index contributed by atoms with van der Waals surface area (Å²) >= 11 is 17.5. The Hall–Kier alpha value is -0.900. The lowest BCUT2D eigenvalue weighted by Crippen LogP contribution is -1.92. The molecule has 1 aromatic heterocycles. The lowest BCUT2D eigenvalue weighted by molar-refractivity contribution is 0.576. The third-order valence-electron chi connectivity index (χ3n) is 2.10. The number of rotatable bonds is 1. The molecule has 88 valence electrons. The molecule has 17 heavy (non-hydrogen) atoms. The van der Waals surface area contributed by atoms with Gasteiger partial charge >= 0.3 is 0 Å². The lowest BCUT2D eigenvalue weighted by atomic mass is 10.1. The smallest absolute Gasteiger partial charge is 0.152 e. The minimum atomic E-state index is -0.815. The molecule has 0 radical (unpaired) electrons. The fourth-order valence-corrected chi connectivity index (χ4v) is 1.95. The van der Waals surface area contributed by atoms with Crippen LogP contribution in [0.25, 0.3) is 11.3 Å². The second kappa shape index (κ2) is 4.77. The van der Waals surface area contributed by atoms with Crippen molar-refractivity contribution < 1.29 is 8.78 Å². The van der Waals surface area contributed by atoms with Crippen molar-refractivity contribution in [3.8, 4) is 11.3 Å². The topological polar surface area (TPSA) is 12.9 Å². The highest BCUT2D eigenvalue weighted by Gasteiger charge is 2.15. The highest BCUT2D eigenvalue weighted by atomic mass is 35.5. The summed E-state index contributed by atoms with van der Waals surface area (Å²) in [5.74, 6) is -1.58. The quantitative estimate of drug-likeness (QED) is 0.675. The molecule has 0 unspecified atom stereocenters. The third-order valence-corrected chi connectivity index (χ3v) is 3.39. The van der Waals surface area contributed by atoms with Crippen molar-refractivity contribution in [2.24, 2.45) is 0 Å². The van der Waals surface area contributed by atoms with Gasteiger partial charge in [0, 0.05) is 11.6 Å². The third kappa shape index (κ3) is 2.37. The van der Waals surface area contributed by atoms with Crippen LogP contribution in [0.3, 0.4) is 0 Å². The summed E-state index contributed by atoms with van der Waals surface area (Å²) in [6, 6.07) is 3.66. The van der Waals surface area contributed by atoms with Gasteiger partial charge in [0.15, 0.2) is 5.82 Å². The van der Waals surface area contributed by atoms with Crippen molar-refractivity contribution in [3.05, 3.63) is 51.1 Å². The number of halogens is 5. The SMILES string of the molecule is Fc1cnc(-c2ccc(Cl)c(Cl)c2Cl)c(F)c1. The zero-order valence-electron chi connectivity index (χ0n) is 8.15. The summed E-state index contributed by atoms with van der Waals surface area (Å²) in [7, 11) is 0. The maximum absolute atomic E-state index is 13.5. The van der Waals surface area contributed by atoms with Gasteiger partial charge in [0.2, 0.25) is 0 Å². The first-order valence-corrected chi connectivity index (χ1v) is 5.59. The summed E-state index contributed by atoms with van der Waals surface area (Å²) < 4.78 is 26.2. The van der Waals surface area contributed by atoms with Crippen LogP contribution >= 0.6 is 34.8 Å². The first-order valence-electron chi connectivity index (χ1n) is 4.45. The molecule has 0 aliphatic rings. The van der Waals surface area contributed by atoms with Crippen molar-refractivity contribution in [3.63, 3.8) is 0 Å². The van der Waals surface area contributed by atoms with Crippen LogP contribution in [-0.2, 0) is 0 Å². The summed E-state index contributed by atoms with van der Waals surface area (Å²) in [6.07, 6.45) is 0.900. The van der Waals surface area contributed by atoms with Crippen LogP contribution in [0.15, 0.2) is 24.4 Å². The predicted molar refractivity (Wildman–Crippen MR) is 64.6 cm³/mol. The van der Waals surface area contributed by atoms with Crippen LogP contribution in [0.1, 0.15) is 0 Å². The van der Waals surface area contributed by atoms with Crippen LogP contribution in [0.5, 0.6) is 0 Å². The largest absolute Gasteiger partial charge is 0.250 e. The van der Waals surface area contributed by atoms with E-state index in [-0.39, 0.29) is 26.3 Å². The Balaban J connectivity index is 2.65. The van der Waals surface area contributed by atoms with Crippen molar-refractivity contribution in [2.45, 2.75) is 0 Å². The number of benzene rings is 1. The van der Waals surface area contributed by atoms with E-state index < -0.39 is 11.6 Å². The number of hydrogen-bond donors (Lipinski definition) is 0. The summed E-state index contributed by atoms with van der Waals surface area (Å²) in [5.41, 5.74) is 0.188. The normalized spacial score (nSPS) is 10.6. The molecule has 0 aliphatic heterocycles. The average Bonchev–Trinajstić information content (AvgIpc) is 2.28. The molecule has 0 amide bonds. The lowest BCUT2D eigenvalue weighted by Gasteiger charge is -2.07. The summed E-state index contributed by atoms with van der Waals surface area (Å²) in [6.45, 7) is 0. The van der Waals surface area contributed by atoms with Gasteiger partial charge in [0.25, 0.3) is 0 Å². The van der Waals surface area contributed by atoms with Gasteiger partial charge in [-0.1, -0.05) is 34.8 Å². The molecule has 0 spiro atoms. The maximum atomic E-state index is 13.5. The zero-order chi connectivity index (χ0) is 12.6. The first-order chi connectivity index (χ1) is 8.00. The molecule has 0 fully saturated rings. The fourth-order valence-electron chi connectivity index (χ4n) is 1.32. The predicted octanol–water partition coefficient (Wildman–Crippen LogP) is 4.99. The number of aromatic nitrogens is 1. The monoisotopic (exact) mass is 293 g/mol. The van der Waals surface area contributed by atoms with E-state index in [2.05, 4.69) is 4.98 Å². The minimum Gasteiger partial charge on any atom is -0.250 e. The fraction of sp³-hybridized carbons (Fsp3) is 0. The van der Waals surface area contributed by atoms with E-state index in [4.69, 9.17) is 34.8 Å². The Morgan fingerprint density at radius 2 is 1.71 bits per heavy atom. The Bertz CT molecular complexity index is 587. The highest BCUT2D eigenvalue weighted by molar-refractivity contribution is 6.49. The van der Waals surface area contributed by atoms with Gasteiger partial charge in [-0.05, 0) is 12.1 Å². The van der Waals surface area contributed by atoms with Gasteiger partial charge in [-0.15, -0.1) is 0 Å². The van der Waals surface area contributed by atoms with E-state index in [1.165, 1.54) is 12.1 Å². The van der Waals surface area contributed by atoms with Gasteiger partial charge in [-0.25, -0.2) is 8.78 Å². The van der Waals surface area contributed by atoms with E-state index in [9.17, 15) is 8.78 Å². The molecule has 0 aliphatic carbocycles. The van der Waals surface area contributed by atoms with Crippen LogP contribution in [0, 0.1) is 11.6 Å². The van der Waals surface area contributed by atoms with Gasteiger partial charge in [-0.2, -0.15) is 0 Å². The Kier molecular flexibility index (Phi) is 3.52. The van der Waals surface area contributed by atoms with Gasteiger partial charge in [0.05, 0.1) is 21.3 Å².